The predicted molar refractivity (Wildman–Crippen MR) is 249 cm³/mol. The molecule has 73 heavy (non-hydrogen) atoms. The number of nitrogens with zero attached hydrogens (tertiary/aromatic N) is 1. The maximum absolute atomic E-state index is 18.6. The van der Waals surface area contributed by atoms with Crippen LogP contribution in [0.15, 0.2) is 34.5 Å². The number of carbonyl (C=O) groups excluding carboxylic acids is 2. The number of aliphatic carboxylic acids is 4. The smallest absolute Gasteiger partial charge is 0.391 e. The van der Waals surface area contributed by atoms with E-state index >= 15 is 8.78 Å². The monoisotopic (exact) mass is 1070 g/mol. The SMILES string of the molecule is CCc1c(S(=O)(=O)NCP(=O)(O)Oc2ccc(C#N)c(F)c2)sc2c(F)c(-c3cc4c(CC(=O)O)c(c3CC(=O)O)C(=O)NCC(C)O4)c(-c3cc4c(CC(=O)O)c(c3CC(=O)O)C(=O)NCC(C)O4)c(F)c12. The molecule has 2 aliphatic rings. The van der Waals surface area contributed by atoms with Crippen molar-refractivity contribution in [2.45, 2.75) is 69.3 Å². The van der Waals surface area contributed by atoms with Crippen molar-refractivity contribution in [2.24, 2.45) is 0 Å². The van der Waals surface area contributed by atoms with Crippen molar-refractivity contribution in [3.05, 3.63) is 92.3 Å². The highest BCUT2D eigenvalue weighted by Crippen LogP contribution is 2.52. The molecule has 0 saturated heterocycles. The molecule has 5 aromatic rings. The lowest BCUT2D eigenvalue weighted by Crippen LogP contribution is -2.38. The van der Waals surface area contributed by atoms with E-state index in [1.54, 1.807) is 6.07 Å². The summed E-state index contributed by atoms with van der Waals surface area (Å²) in [4.78, 5) is 89.0. The number of hydrogen-bond donors (Lipinski definition) is 8. The van der Waals surface area contributed by atoms with E-state index in [4.69, 9.17) is 19.3 Å². The molecule has 3 unspecified atom stereocenters. The Balaban J connectivity index is 1.62. The third kappa shape index (κ3) is 10.7. The summed E-state index contributed by atoms with van der Waals surface area (Å²) in [7, 11) is -10.2. The van der Waals surface area contributed by atoms with Crippen molar-refractivity contribution in [3.8, 4) is 45.6 Å². The molecule has 21 nitrogen and oxygen atoms in total. The Kier molecular flexibility index (Phi) is 15.0. The minimum Gasteiger partial charge on any atom is -0.489 e. The predicted octanol–water partition coefficient (Wildman–Crippen LogP) is 5.12. The van der Waals surface area contributed by atoms with E-state index < -0.39 is 209 Å². The molecular weight excluding hydrogens is 1030 g/mol. The normalized spacial score (nSPS) is 16.2. The summed E-state index contributed by atoms with van der Waals surface area (Å²) in [6.45, 7) is 3.81. The van der Waals surface area contributed by atoms with Crippen LogP contribution >= 0.6 is 18.9 Å². The van der Waals surface area contributed by atoms with Gasteiger partial charge in [0.15, 0.2) is 0 Å². The Morgan fingerprint density at radius 3 is 1.68 bits per heavy atom. The van der Waals surface area contributed by atoms with Crippen LogP contribution in [0.1, 0.15) is 74.9 Å². The zero-order valence-corrected chi connectivity index (χ0v) is 40.7. The molecule has 4 bridgehead atoms. The Morgan fingerprint density at radius 1 is 0.781 bits per heavy atom. The van der Waals surface area contributed by atoms with Crippen molar-refractivity contribution in [1.82, 2.24) is 15.4 Å². The number of nitriles is 1. The van der Waals surface area contributed by atoms with Crippen molar-refractivity contribution >= 4 is 74.7 Å². The van der Waals surface area contributed by atoms with Crippen LogP contribution < -0.4 is 29.4 Å². The second-order valence-electron chi connectivity index (χ2n) is 16.7. The molecule has 0 saturated carbocycles. The average molecular weight is 1070 g/mol. The number of halogens is 3. The molecule has 384 valence electrons. The molecule has 0 spiro atoms. The largest absolute Gasteiger partial charge is 0.489 e. The van der Waals surface area contributed by atoms with Gasteiger partial charge in [-0.3, -0.25) is 28.8 Å². The number of ether oxygens (including phenoxy) is 2. The van der Waals surface area contributed by atoms with Gasteiger partial charge in [-0.15, -0.1) is 11.3 Å². The van der Waals surface area contributed by atoms with Gasteiger partial charge in [0.25, 0.3) is 21.8 Å². The van der Waals surface area contributed by atoms with Crippen molar-refractivity contribution in [1.29, 1.82) is 5.26 Å². The standard InChI is InChI=1S/C46H40F3N4O17PS2/c1-4-22-40-41(48)38(23-8-30-27(12-34(58)59)36(25(23)10-32(54)55)44(62)51-15-18(2)68-30)39(24-9-31-28(13-35(60)61)37(26(24)11-33(56)57)45(63)52-16-19(3)69-31)42(49)43(40)72-46(22)73(66,67)53-17-71(64,65)70-21-6-5-20(14-50)29(47)7-21/h5-9,18-19,53H,4,10-13,15-17H2,1-3H3,(H,51,62)(H,52,63)(H,54,55)(H,56,57)(H,58,59)(H,60,61)(H,64,65). The van der Waals surface area contributed by atoms with Crippen LogP contribution in [0, 0.1) is 28.8 Å². The lowest BCUT2D eigenvalue weighted by atomic mass is 9.80. The van der Waals surface area contributed by atoms with Crippen LogP contribution in [0.4, 0.5) is 13.2 Å². The summed E-state index contributed by atoms with van der Waals surface area (Å²) < 4.78 is 110. The van der Waals surface area contributed by atoms with Gasteiger partial charge in [0.1, 0.15) is 63.5 Å². The van der Waals surface area contributed by atoms with Crippen LogP contribution in [-0.2, 0) is 65.9 Å². The van der Waals surface area contributed by atoms with Gasteiger partial charge in [-0.1, -0.05) is 6.92 Å². The number of benzene rings is 4. The quantitative estimate of drug-likeness (QED) is 0.0560. The van der Waals surface area contributed by atoms with Crippen LogP contribution in [0.5, 0.6) is 17.2 Å². The molecular formula is C46H40F3N4O17PS2. The van der Waals surface area contributed by atoms with Gasteiger partial charge in [-0.05, 0) is 72.4 Å². The van der Waals surface area contributed by atoms with Gasteiger partial charge in [-0.2, -0.15) is 9.98 Å². The molecule has 7 rings (SSSR count). The zero-order chi connectivity index (χ0) is 53.6. The second-order valence-corrected chi connectivity index (χ2v) is 21.4. The van der Waals surface area contributed by atoms with E-state index in [1.807, 2.05) is 4.72 Å². The zero-order valence-electron chi connectivity index (χ0n) is 38.2. The third-order valence-electron chi connectivity index (χ3n) is 11.5. The van der Waals surface area contributed by atoms with E-state index in [9.17, 15) is 71.5 Å². The molecule has 3 atom stereocenters. The molecule has 4 aromatic carbocycles. The molecule has 0 fully saturated rings. The maximum atomic E-state index is 18.6. The number of rotatable bonds is 17. The molecule has 1 aromatic heterocycles. The Bertz CT molecular complexity index is 3450. The Morgan fingerprint density at radius 2 is 1.25 bits per heavy atom. The lowest BCUT2D eigenvalue weighted by Gasteiger charge is -2.29. The fourth-order valence-corrected chi connectivity index (χ4v) is 13.1. The Hall–Kier alpha value is -7.56. The molecule has 0 radical (unpaired) electrons. The van der Waals surface area contributed by atoms with E-state index in [2.05, 4.69) is 10.6 Å². The number of aryl methyl sites for hydroxylation is 1. The number of nitrogens with one attached hydrogen (secondary N) is 3. The second kappa shape index (κ2) is 20.5. The molecule has 2 aliphatic heterocycles. The summed E-state index contributed by atoms with van der Waals surface area (Å²) in [5, 5.41) is 53.9. The fourth-order valence-electron chi connectivity index (χ4n) is 8.59. The topological polar surface area (TPSA) is 342 Å². The number of carbonyl (C=O) groups is 6. The highest BCUT2D eigenvalue weighted by molar-refractivity contribution is 7.92. The summed E-state index contributed by atoms with van der Waals surface area (Å²) in [6.07, 6.45) is -8.11. The third-order valence-corrected chi connectivity index (χ3v) is 16.0. The highest BCUT2D eigenvalue weighted by atomic mass is 32.2. The van der Waals surface area contributed by atoms with Crippen LogP contribution in [0.2, 0.25) is 0 Å². The first-order valence-corrected chi connectivity index (χ1v) is 25.7. The first kappa shape index (κ1) is 53.2. The molecule has 3 heterocycles. The van der Waals surface area contributed by atoms with Gasteiger partial charge in [-0.25, -0.2) is 26.2 Å². The lowest BCUT2D eigenvalue weighted by molar-refractivity contribution is -0.137. The molecule has 8 N–H and O–H groups in total. The van der Waals surface area contributed by atoms with E-state index in [1.165, 1.54) is 20.8 Å². The summed E-state index contributed by atoms with van der Waals surface area (Å²) in [5.41, 5.74) is -7.57. The van der Waals surface area contributed by atoms with Crippen molar-refractivity contribution < 1.29 is 94.2 Å². The number of amides is 2. The van der Waals surface area contributed by atoms with E-state index in [0.717, 1.165) is 24.3 Å². The average Bonchev–Trinajstić information content (AvgIpc) is 3.70. The minimum absolute atomic E-state index is 0.0797. The van der Waals surface area contributed by atoms with Gasteiger partial charge >= 0.3 is 31.5 Å². The van der Waals surface area contributed by atoms with Gasteiger partial charge < -0.3 is 50.0 Å². The maximum Gasteiger partial charge on any atom is 0.391 e. The summed E-state index contributed by atoms with van der Waals surface area (Å²) in [5.74, 6) is -14.2. The fraction of sp³-hybridized carbons (Fsp3) is 0.283. The van der Waals surface area contributed by atoms with Crippen molar-refractivity contribution in [3.63, 3.8) is 0 Å². The van der Waals surface area contributed by atoms with Gasteiger partial charge in [0.2, 0.25) is 0 Å². The highest BCUT2D eigenvalue weighted by Gasteiger charge is 2.39. The first-order chi connectivity index (χ1) is 34.3. The van der Waals surface area contributed by atoms with Crippen LogP contribution in [0.3, 0.4) is 0 Å². The summed E-state index contributed by atoms with van der Waals surface area (Å²) >= 11 is 0.0797. The number of hydrogen-bond acceptors (Lipinski definition) is 14. The Labute approximate surface area is 414 Å². The van der Waals surface area contributed by atoms with Crippen LogP contribution in [-0.4, -0.2) is 101 Å². The number of fused-ring (bicyclic) bond motifs is 5. The van der Waals surface area contributed by atoms with Crippen molar-refractivity contribution in [2.75, 3.05) is 19.4 Å². The molecule has 0 aliphatic carbocycles. The number of sulfonamides is 1. The number of carboxylic acids is 4. The molecule has 27 heteroatoms. The van der Waals surface area contributed by atoms with E-state index in [-0.39, 0.29) is 35.6 Å². The van der Waals surface area contributed by atoms with Gasteiger partial charge in [0.05, 0.1) is 60.2 Å². The van der Waals surface area contributed by atoms with Crippen LogP contribution in [0.25, 0.3) is 32.3 Å². The van der Waals surface area contributed by atoms with E-state index in [0.29, 0.717) is 6.07 Å². The first-order valence-electron chi connectivity index (χ1n) is 21.6. The number of carboxylic acid groups (broad SMARTS) is 4. The number of thiophene rings is 1. The minimum atomic E-state index is -5.15. The van der Waals surface area contributed by atoms with Gasteiger partial charge in [0, 0.05) is 33.7 Å². The molecule has 2 amide bonds. The summed E-state index contributed by atoms with van der Waals surface area (Å²) in [6, 6.07) is 5.91.